The number of likely N-dealkylation sites (N-methyl/N-ethyl adjacent to an activating group) is 2. The summed E-state index contributed by atoms with van der Waals surface area (Å²) in [4.78, 5) is 38.2. The normalized spacial score (nSPS) is 13.9. The monoisotopic (exact) mass is 403 g/mol. The lowest BCUT2D eigenvalue weighted by molar-refractivity contribution is -0.148. The molecule has 2 atom stereocenters. The number of furan rings is 1. The van der Waals surface area contributed by atoms with Crippen LogP contribution in [-0.2, 0) is 14.3 Å². The van der Waals surface area contributed by atoms with Crippen LogP contribution in [0.2, 0.25) is 0 Å². The predicted octanol–water partition coefficient (Wildman–Crippen LogP) is 1.74. The molecule has 0 saturated heterocycles. The highest BCUT2D eigenvalue weighted by Crippen LogP contribution is 2.27. The lowest BCUT2D eigenvalue weighted by Gasteiger charge is -2.34. The van der Waals surface area contributed by atoms with E-state index < -0.39 is 23.3 Å². The lowest BCUT2D eigenvalue weighted by atomic mass is 9.96. The zero-order valence-corrected chi connectivity index (χ0v) is 17.0. The van der Waals surface area contributed by atoms with Gasteiger partial charge < -0.3 is 19.4 Å². The third-order valence-electron chi connectivity index (χ3n) is 5.03. The van der Waals surface area contributed by atoms with Crippen molar-refractivity contribution >= 4 is 17.7 Å². The van der Waals surface area contributed by atoms with Crippen molar-refractivity contribution in [1.29, 1.82) is 0 Å². The number of carbonyl (C=O) groups excluding carboxylic acids is 3. The second-order valence-corrected chi connectivity index (χ2v) is 6.65. The van der Waals surface area contributed by atoms with Gasteiger partial charge in [-0.05, 0) is 37.6 Å². The molecular weight excluding hydrogens is 378 g/mol. The molecule has 0 saturated carbocycles. The SMILES string of the molecule is CNC(=O)[C@@](C)(C(=O)NO)N(C)C(=O)c1ccc(-c2coc(C(C)OC)c2)cc1. The molecule has 2 rings (SSSR count). The van der Waals surface area contributed by atoms with E-state index in [0.29, 0.717) is 5.76 Å². The van der Waals surface area contributed by atoms with Crippen LogP contribution in [0.3, 0.4) is 0 Å². The van der Waals surface area contributed by atoms with E-state index in [1.165, 1.54) is 26.5 Å². The summed E-state index contributed by atoms with van der Waals surface area (Å²) in [6, 6.07) is 8.49. The molecule has 1 heterocycles. The topological polar surface area (TPSA) is 121 Å². The van der Waals surface area contributed by atoms with E-state index in [1.807, 2.05) is 13.0 Å². The Bertz CT molecular complexity index is 874. The number of hydrogen-bond acceptors (Lipinski definition) is 6. The van der Waals surface area contributed by atoms with Crippen LogP contribution < -0.4 is 10.8 Å². The van der Waals surface area contributed by atoms with Gasteiger partial charge in [0.25, 0.3) is 17.7 Å². The number of methoxy groups -OCH3 is 1. The fourth-order valence-electron chi connectivity index (χ4n) is 2.80. The van der Waals surface area contributed by atoms with E-state index in [0.717, 1.165) is 16.0 Å². The number of benzene rings is 1. The highest BCUT2D eigenvalue weighted by Gasteiger charge is 2.47. The molecule has 1 aromatic heterocycles. The molecule has 1 aromatic carbocycles. The Labute approximate surface area is 168 Å². The molecule has 9 heteroatoms. The highest BCUT2D eigenvalue weighted by molar-refractivity contribution is 6.12. The first-order valence-corrected chi connectivity index (χ1v) is 8.87. The smallest absolute Gasteiger partial charge is 0.278 e. The molecule has 9 nitrogen and oxygen atoms in total. The quantitative estimate of drug-likeness (QED) is 0.368. The fraction of sp³-hybridized carbons (Fsp3) is 0.350. The molecule has 3 N–H and O–H groups in total. The number of ether oxygens (including phenoxy) is 1. The summed E-state index contributed by atoms with van der Waals surface area (Å²) in [5.74, 6) is -1.65. The summed E-state index contributed by atoms with van der Waals surface area (Å²) in [6.07, 6.45) is 1.42. The van der Waals surface area contributed by atoms with Gasteiger partial charge in [-0.3, -0.25) is 19.6 Å². The van der Waals surface area contributed by atoms with E-state index in [2.05, 4.69) is 5.32 Å². The van der Waals surface area contributed by atoms with Gasteiger partial charge in [-0.25, -0.2) is 5.48 Å². The van der Waals surface area contributed by atoms with Crippen LogP contribution in [0.4, 0.5) is 0 Å². The number of hydroxylamine groups is 1. The average molecular weight is 403 g/mol. The van der Waals surface area contributed by atoms with Crippen molar-refractivity contribution in [1.82, 2.24) is 15.7 Å². The van der Waals surface area contributed by atoms with Crippen LogP contribution in [0.5, 0.6) is 0 Å². The molecule has 156 valence electrons. The first kappa shape index (κ1) is 22.1. The Hall–Kier alpha value is -3.17. The van der Waals surface area contributed by atoms with Gasteiger partial charge in [0.1, 0.15) is 11.9 Å². The summed E-state index contributed by atoms with van der Waals surface area (Å²) >= 11 is 0. The van der Waals surface area contributed by atoms with E-state index in [1.54, 1.807) is 37.6 Å². The minimum absolute atomic E-state index is 0.182. The third-order valence-corrected chi connectivity index (χ3v) is 5.03. The summed E-state index contributed by atoms with van der Waals surface area (Å²) < 4.78 is 10.7. The van der Waals surface area contributed by atoms with Crippen molar-refractivity contribution in [3.05, 3.63) is 47.9 Å². The van der Waals surface area contributed by atoms with Gasteiger partial charge in [-0.2, -0.15) is 0 Å². The van der Waals surface area contributed by atoms with E-state index in [9.17, 15) is 14.4 Å². The van der Waals surface area contributed by atoms with E-state index in [4.69, 9.17) is 14.4 Å². The van der Waals surface area contributed by atoms with Crippen molar-refractivity contribution in [3.63, 3.8) is 0 Å². The Balaban J connectivity index is 2.28. The van der Waals surface area contributed by atoms with Gasteiger partial charge in [0.15, 0.2) is 5.54 Å². The summed E-state index contributed by atoms with van der Waals surface area (Å²) in [7, 11) is 4.24. The molecule has 29 heavy (non-hydrogen) atoms. The van der Waals surface area contributed by atoms with E-state index >= 15 is 0 Å². The van der Waals surface area contributed by atoms with Crippen LogP contribution in [0, 0.1) is 0 Å². The fourth-order valence-corrected chi connectivity index (χ4v) is 2.80. The van der Waals surface area contributed by atoms with Crippen molar-refractivity contribution in [2.45, 2.75) is 25.5 Å². The molecule has 0 bridgehead atoms. The molecule has 1 unspecified atom stereocenters. The van der Waals surface area contributed by atoms with Crippen molar-refractivity contribution in [2.75, 3.05) is 21.2 Å². The minimum Gasteiger partial charge on any atom is -0.466 e. The maximum Gasteiger partial charge on any atom is 0.278 e. The highest BCUT2D eigenvalue weighted by atomic mass is 16.5. The van der Waals surface area contributed by atoms with Gasteiger partial charge in [-0.1, -0.05) is 12.1 Å². The Morgan fingerprint density at radius 3 is 2.31 bits per heavy atom. The van der Waals surface area contributed by atoms with Crippen LogP contribution in [0.25, 0.3) is 11.1 Å². The Kier molecular flexibility index (Phi) is 6.78. The first-order valence-electron chi connectivity index (χ1n) is 8.87. The van der Waals surface area contributed by atoms with Crippen LogP contribution >= 0.6 is 0 Å². The largest absolute Gasteiger partial charge is 0.466 e. The lowest BCUT2D eigenvalue weighted by Crippen LogP contribution is -2.64. The zero-order valence-electron chi connectivity index (χ0n) is 17.0. The Morgan fingerprint density at radius 1 is 1.17 bits per heavy atom. The van der Waals surface area contributed by atoms with E-state index in [-0.39, 0.29) is 11.7 Å². The standard InChI is InChI=1S/C20H25N3O6/c1-12(28-5)16-10-15(11-29-16)13-6-8-14(9-7-13)17(24)23(4)20(2,18(25)21-3)19(26)22-27/h6-12,27H,1-5H3,(H,21,25)(H,22,26)/t12?,20-/m0/s1. The molecule has 0 fully saturated rings. The van der Waals surface area contributed by atoms with Gasteiger partial charge in [-0.15, -0.1) is 0 Å². The summed E-state index contributed by atoms with van der Waals surface area (Å²) in [5.41, 5.74) is 1.42. The molecule has 0 aliphatic rings. The summed E-state index contributed by atoms with van der Waals surface area (Å²) in [6.45, 7) is 3.11. The number of carbonyl (C=O) groups is 3. The number of rotatable bonds is 7. The van der Waals surface area contributed by atoms with Crippen molar-refractivity contribution in [2.24, 2.45) is 0 Å². The van der Waals surface area contributed by atoms with Gasteiger partial charge >= 0.3 is 0 Å². The molecule has 0 aliphatic heterocycles. The van der Waals surface area contributed by atoms with Crippen molar-refractivity contribution in [3.8, 4) is 11.1 Å². The van der Waals surface area contributed by atoms with Gasteiger partial charge in [0, 0.05) is 32.3 Å². The van der Waals surface area contributed by atoms with Crippen LogP contribution in [-0.4, -0.2) is 54.6 Å². The molecule has 3 amide bonds. The number of hydrogen-bond donors (Lipinski definition) is 3. The van der Waals surface area contributed by atoms with Gasteiger partial charge in [0.2, 0.25) is 0 Å². The number of amides is 3. The molecule has 0 radical (unpaired) electrons. The maximum absolute atomic E-state index is 12.9. The van der Waals surface area contributed by atoms with Crippen LogP contribution in [0.1, 0.15) is 36.1 Å². The number of nitrogens with zero attached hydrogens (tertiary/aromatic N) is 1. The average Bonchev–Trinajstić information content (AvgIpc) is 3.26. The molecule has 0 aliphatic carbocycles. The second-order valence-electron chi connectivity index (χ2n) is 6.65. The third kappa shape index (κ3) is 4.15. The molecule has 0 spiro atoms. The predicted molar refractivity (Wildman–Crippen MR) is 104 cm³/mol. The first-order chi connectivity index (χ1) is 13.7. The zero-order chi connectivity index (χ0) is 21.8. The summed E-state index contributed by atoms with van der Waals surface area (Å²) in [5, 5.41) is 11.3. The Morgan fingerprint density at radius 2 is 1.79 bits per heavy atom. The number of nitrogens with one attached hydrogen (secondary N) is 2. The van der Waals surface area contributed by atoms with Crippen LogP contribution in [0.15, 0.2) is 41.0 Å². The van der Waals surface area contributed by atoms with Crippen molar-refractivity contribution < 1.29 is 28.7 Å². The van der Waals surface area contributed by atoms with Gasteiger partial charge in [0.05, 0.1) is 6.26 Å². The second kappa shape index (κ2) is 8.89. The molecular formula is C20H25N3O6. The minimum atomic E-state index is -1.94. The maximum atomic E-state index is 12.9. The molecule has 2 aromatic rings.